The van der Waals surface area contributed by atoms with Gasteiger partial charge in [0.2, 0.25) is 11.9 Å². The van der Waals surface area contributed by atoms with Crippen LogP contribution in [0.4, 0.5) is 11.9 Å². The van der Waals surface area contributed by atoms with Gasteiger partial charge in [-0.25, -0.2) is 4.98 Å². The van der Waals surface area contributed by atoms with Gasteiger partial charge in [0.15, 0.2) is 5.82 Å². The first-order valence-electron chi connectivity index (χ1n) is 5.38. The van der Waals surface area contributed by atoms with E-state index < -0.39 is 0 Å². The fourth-order valence-electron chi connectivity index (χ4n) is 1.80. The van der Waals surface area contributed by atoms with Crippen molar-refractivity contribution in [1.82, 2.24) is 24.5 Å². The lowest BCUT2D eigenvalue weighted by Gasteiger charge is -2.17. The Kier molecular flexibility index (Phi) is 2.90. The molecule has 0 fully saturated rings. The van der Waals surface area contributed by atoms with Gasteiger partial charge in [-0.15, -0.1) is 0 Å². The third kappa shape index (κ3) is 2.17. The van der Waals surface area contributed by atoms with Crippen molar-refractivity contribution in [2.24, 2.45) is 0 Å². The third-order valence-corrected chi connectivity index (χ3v) is 2.57. The topological polar surface area (TPSA) is 109 Å². The number of rotatable bonds is 3. The summed E-state index contributed by atoms with van der Waals surface area (Å²) in [5, 5.41) is 0. The van der Waals surface area contributed by atoms with Crippen LogP contribution in [-0.4, -0.2) is 24.5 Å². The second kappa shape index (κ2) is 4.36. The molecule has 4 N–H and O–H groups in total. The van der Waals surface area contributed by atoms with Crippen LogP contribution in [0.3, 0.4) is 0 Å². The standard InChI is InChI=1S/C10H15N7/c1-3-7(17-5-4-13-6(17)2)8-14-9(11)16-10(12)15-8/h4-5,7H,3H2,1-2H3,(H4,11,12,14,15,16). The maximum atomic E-state index is 5.58. The van der Waals surface area contributed by atoms with Gasteiger partial charge in [0.25, 0.3) is 0 Å². The van der Waals surface area contributed by atoms with Crippen LogP contribution in [0.25, 0.3) is 0 Å². The summed E-state index contributed by atoms with van der Waals surface area (Å²) in [6.07, 6.45) is 4.45. The van der Waals surface area contributed by atoms with E-state index in [9.17, 15) is 0 Å². The largest absolute Gasteiger partial charge is 0.368 e. The third-order valence-electron chi connectivity index (χ3n) is 2.57. The summed E-state index contributed by atoms with van der Waals surface area (Å²) < 4.78 is 1.99. The SMILES string of the molecule is CCC(c1nc(N)nc(N)n1)n1ccnc1C. The van der Waals surface area contributed by atoms with Crippen LogP contribution in [0.2, 0.25) is 0 Å². The molecule has 17 heavy (non-hydrogen) atoms. The molecule has 0 aliphatic rings. The minimum Gasteiger partial charge on any atom is -0.368 e. The number of hydrogen-bond acceptors (Lipinski definition) is 6. The summed E-state index contributed by atoms with van der Waals surface area (Å²) in [5.74, 6) is 1.75. The summed E-state index contributed by atoms with van der Waals surface area (Å²) in [4.78, 5) is 16.2. The van der Waals surface area contributed by atoms with Crippen molar-refractivity contribution < 1.29 is 0 Å². The summed E-state index contributed by atoms with van der Waals surface area (Å²) in [6.45, 7) is 3.97. The van der Waals surface area contributed by atoms with Crippen molar-refractivity contribution in [2.45, 2.75) is 26.3 Å². The molecule has 2 aromatic rings. The van der Waals surface area contributed by atoms with Crippen LogP contribution in [0.1, 0.15) is 31.0 Å². The number of imidazole rings is 1. The fraction of sp³-hybridized carbons (Fsp3) is 0.400. The van der Waals surface area contributed by atoms with E-state index in [1.165, 1.54) is 0 Å². The molecule has 0 aromatic carbocycles. The number of anilines is 2. The zero-order valence-electron chi connectivity index (χ0n) is 9.83. The quantitative estimate of drug-likeness (QED) is 0.800. The van der Waals surface area contributed by atoms with Crippen LogP contribution in [0, 0.1) is 6.92 Å². The molecule has 0 amide bonds. The Morgan fingerprint density at radius 3 is 2.35 bits per heavy atom. The second-order valence-electron chi connectivity index (χ2n) is 3.72. The van der Waals surface area contributed by atoms with Crippen LogP contribution in [0.5, 0.6) is 0 Å². The van der Waals surface area contributed by atoms with Crippen LogP contribution >= 0.6 is 0 Å². The van der Waals surface area contributed by atoms with Gasteiger partial charge < -0.3 is 16.0 Å². The number of nitrogens with zero attached hydrogens (tertiary/aromatic N) is 5. The van der Waals surface area contributed by atoms with Gasteiger partial charge >= 0.3 is 0 Å². The molecule has 0 saturated carbocycles. The van der Waals surface area contributed by atoms with E-state index in [1.807, 2.05) is 24.6 Å². The van der Waals surface area contributed by atoms with E-state index in [0.29, 0.717) is 5.82 Å². The molecule has 2 heterocycles. The molecular weight excluding hydrogens is 218 g/mol. The highest BCUT2D eigenvalue weighted by atomic mass is 15.2. The molecule has 0 aliphatic heterocycles. The van der Waals surface area contributed by atoms with Gasteiger partial charge in [0.1, 0.15) is 5.82 Å². The van der Waals surface area contributed by atoms with E-state index in [2.05, 4.69) is 19.9 Å². The Bertz CT molecular complexity index is 499. The van der Waals surface area contributed by atoms with E-state index in [4.69, 9.17) is 11.5 Å². The Labute approximate surface area is 98.9 Å². The molecule has 0 radical (unpaired) electrons. The number of nitrogens with two attached hydrogens (primary N) is 2. The highest BCUT2D eigenvalue weighted by molar-refractivity contribution is 5.27. The Morgan fingerprint density at radius 1 is 1.24 bits per heavy atom. The zero-order valence-corrected chi connectivity index (χ0v) is 9.83. The van der Waals surface area contributed by atoms with Crippen molar-refractivity contribution in [3.8, 4) is 0 Å². The highest BCUT2D eigenvalue weighted by Gasteiger charge is 2.17. The lowest BCUT2D eigenvalue weighted by atomic mass is 10.2. The Balaban J connectivity index is 2.45. The molecule has 0 spiro atoms. The summed E-state index contributed by atoms with van der Waals surface area (Å²) in [6, 6.07) is -0.0231. The number of aromatic nitrogens is 5. The first-order valence-corrected chi connectivity index (χ1v) is 5.38. The van der Waals surface area contributed by atoms with Gasteiger partial charge in [-0.1, -0.05) is 6.92 Å². The van der Waals surface area contributed by atoms with Crippen molar-refractivity contribution in [2.75, 3.05) is 11.5 Å². The van der Waals surface area contributed by atoms with Gasteiger partial charge in [0, 0.05) is 12.4 Å². The van der Waals surface area contributed by atoms with Crippen LogP contribution in [-0.2, 0) is 0 Å². The van der Waals surface area contributed by atoms with Crippen molar-refractivity contribution in [1.29, 1.82) is 0 Å². The average Bonchev–Trinajstić information content (AvgIpc) is 2.65. The molecule has 7 heteroatoms. The molecule has 7 nitrogen and oxygen atoms in total. The second-order valence-corrected chi connectivity index (χ2v) is 3.72. The molecular formula is C10H15N7. The van der Waals surface area contributed by atoms with E-state index in [1.54, 1.807) is 6.20 Å². The molecule has 1 atom stereocenters. The van der Waals surface area contributed by atoms with Gasteiger partial charge in [-0.2, -0.15) is 15.0 Å². The minimum atomic E-state index is -0.0231. The van der Waals surface area contributed by atoms with Crippen LogP contribution in [0.15, 0.2) is 12.4 Å². The van der Waals surface area contributed by atoms with E-state index >= 15 is 0 Å². The first kappa shape index (κ1) is 11.3. The summed E-state index contributed by atoms with van der Waals surface area (Å²) >= 11 is 0. The van der Waals surface area contributed by atoms with Gasteiger partial charge in [0.05, 0.1) is 6.04 Å². The molecule has 2 aromatic heterocycles. The predicted molar refractivity (Wildman–Crippen MR) is 64.0 cm³/mol. The lowest BCUT2D eigenvalue weighted by molar-refractivity contribution is 0.522. The smallest absolute Gasteiger partial charge is 0.225 e. The fourth-order valence-corrected chi connectivity index (χ4v) is 1.80. The molecule has 0 aliphatic carbocycles. The Hall–Kier alpha value is -2.18. The minimum absolute atomic E-state index is 0.0231. The van der Waals surface area contributed by atoms with E-state index in [-0.39, 0.29) is 17.9 Å². The van der Waals surface area contributed by atoms with Crippen molar-refractivity contribution in [3.05, 3.63) is 24.0 Å². The predicted octanol–water partition coefficient (Wildman–Crippen LogP) is 0.540. The normalized spacial score (nSPS) is 12.6. The average molecular weight is 233 g/mol. The maximum Gasteiger partial charge on any atom is 0.225 e. The number of aryl methyl sites for hydroxylation is 1. The zero-order chi connectivity index (χ0) is 12.4. The van der Waals surface area contributed by atoms with Crippen molar-refractivity contribution >= 4 is 11.9 Å². The molecule has 90 valence electrons. The Morgan fingerprint density at radius 2 is 1.88 bits per heavy atom. The van der Waals surface area contributed by atoms with Crippen LogP contribution < -0.4 is 11.5 Å². The van der Waals surface area contributed by atoms with Crippen molar-refractivity contribution in [3.63, 3.8) is 0 Å². The molecule has 1 unspecified atom stereocenters. The molecule has 0 bridgehead atoms. The monoisotopic (exact) mass is 233 g/mol. The first-order chi connectivity index (χ1) is 8.11. The number of hydrogen-bond donors (Lipinski definition) is 2. The molecule has 0 saturated heterocycles. The summed E-state index contributed by atoms with van der Waals surface area (Å²) in [5.41, 5.74) is 11.2. The molecule has 2 rings (SSSR count). The summed E-state index contributed by atoms with van der Waals surface area (Å²) in [7, 11) is 0. The van der Waals surface area contributed by atoms with Gasteiger partial charge in [-0.3, -0.25) is 0 Å². The maximum absolute atomic E-state index is 5.58. The number of nitrogen functional groups attached to an aromatic ring is 2. The van der Waals surface area contributed by atoms with E-state index in [0.717, 1.165) is 12.2 Å². The highest BCUT2D eigenvalue weighted by Crippen LogP contribution is 2.20. The van der Waals surface area contributed by atoms with Gasteiger partial charge in [-0.05, 0) is 13.3 Å². The lowest BCUT2D eigenvalue weighted by Crippen LogP contribution is -2.16.